The van der Waals surface area contributed by atoms with E-state index in [0.717, 1.165) is 17.7 Å². The van der Waals surface area contributed by atoms with Gasteiger partial charge in [0, 0.05) is 23.1 Å². The molecule has 0 fully saturated rings. The highest BCUT2D eigenvalue weighted by Crippen LogP contribution is 2.18. The van der Waals surface area contributed by atoms with Gasteiger partial charge in [-0.25, -0.2) is 14.8 Å². The van der Waals surface area contributed by atoms with E-state index in [2.05, 4.69) is 20.6 Å². The van der Waals surface area contributed by atoms with Gasteiger partial charge in [0.25, 0.3) is 0 Å². The first kappa shape index (κ1) is 17.9. The normalized spacial score (nSPS) is 12.0. The highest BCUT2D eigenvalue weighted by atomic mass is 16.3. The van der Waals surface area contributed by atoms with Crippen LogP contribution in [0, 0.1) is 12.8 Å². The molecule has 0 aliphatic rings. The number of aliphatic hydroxyl groups is 1. The number of anilines is 1. The van der Waals surface area contributed by atoms with Gasteiger partial charge >= 0.3 is 6.03 Å². The zero-order valence-corrected chi connectivity index (χ0v) is 14.3. The molecule has 1 aromatic heterocycles. The van der Waals surface area contributed by atoms with Gasteiger partial charge in [0.15, 0.2) is 5.82 Å². The van der Waals surface area contributed by atoms with E-state index < -0.39 is 0 Å². The third-order valence-corrected chi connectivity index (χ3v) is 3.51. The summed E-state index contributed by atoms with van der Waals surface area (Å²) in [5.41, 5.74) is 2.46. The molecule has 128 valence electrons. The molecule has 2 rings (SSSR count). The maximum atomic E-state index is 12.0. The summed E-state index contributed by atoms with van der Waals surface area (Å²) in [6, 6.07) is 8.61. The van der Waals surface area contributed by atoms with Gasteiger partial charge in [-0.1, -0.05) is 13.8 Å². The van der Waals surface area contributed by atoms with E-state index in [1.54, 1.807) is 18.3 Å². The summed E-state index contributed by atoms with van der Waals surface area (Å²) in [6.45, 7) is 5.94. The van der Waals surface area contributed by atoms with Crippen molar-refractivity contribution in [3.63, 3.8) is 0 Å². The summed E-state index contributed by atoms with van der Waals surface area (Å²) in [7, 11) is 0. The summed E-state index contributed by atoms with van der Waals surface area (Å²) < 4.78 is 0. The van der Waals surface area contributed by atoms with Crippen LogP contribution >= 0.6 is 0 Å². The summed E-state index contributed by atoms with van der Waals surface area (Å²) in [6.07, 6.45) is 2.45. The second-order valence-electron chi connectivity index (χ2n) is 6.21. The van der Waals surface area contributed by atoms with Gasteiger partial charge in [0.2, 0.25) is 0 Å². The molecule has 1 heterocycles. The van der Waals surface area contributed by atoms with Crippen molar-refractivity contribution in [2.75, 3.05) is 11.9 Å². The third kappa shape index (κ3) is 5.31. The van der Waals surface area contributed by atoms with Crippen molar-refractivity contribution < 1.29 is 9.90 Å². The molecule has 24 heavy (non-hydrogen) atoms. The molecule has 0 saturated heterocycles. The van der Waals surface area contributed by atoms with E-state index in [4.69, 9.17) is 0 Å². The van der Waals surface area contributed by atoms with Crippen LogP contribution in [0.15, 0.2) is 36.5 Å². The van der Waals surface area contributed by atoms with Crippen molar-refractivity contribution in [1.82, 2.24) is 15.3 Å². The highest BCUT2D eigenvalue weighted by molar-refractivity contribution is 5.89. The monoisotopic (exact) mass is 328 g/mol. The number of aliphatic hydroxyl groups excluding tert-OH is 1. The SMILES string of the molecule is Cc1ccnc(-c2ccc(NC(=O)N[C@@H](CO)CC(C)C)cc2)n1. The summed E-state index contributed by atoms with van der Waals surface area (Å²) >= 11 is 0. The fraction of sp³-hybridized carbons (Fsp3) is 0.389. The van der Waals surface area contributed by atoms with Gasteiger partial charge < -0.3 is 15.7 Å². The Morgan fingerprint density at radius 1 is 1.21 bits per heavy atom. The Balaban J connectivity index is 1.97. The van der Waals surface area contributed by atoms with Crippen molar-refractivity contribution in [1.29, 1.82) is 0 Å². The van der Waals surface area contributed by atoms with Crippen LogP contribution in [-0.2, 0) is 0 Å². The van der Waals surface area contributed by atoms with E-state index in [1.807, 2.05) is 39.0 Å². The van der Waals surface area contributed by atoms with Crippen LogP contribution in [0.2, 0.25) is 0 Å². The van der Waals surface area contributed by atoms with Gasteiger partial charge in [0.1, 0.15) is 0 Å². The average Bonchev–Trinajstić information content (AvgIpc) is 2.54. The molecule has 0 radical (unpaired) electrons. The minimum Gasteiger partial charge on any atom is -0.394 e. The lowest BCUT2D eigenvalue weighted by Gasteiger charge is -2.18. The first-order valence-electron chi connectivity index (χ1n) is 8.06. The van der Waals surface area contributed by atoms with Crippen LogP contribution in [0.1, 0.15) is 26.0 Å². The van der Waals surface area contributed by atoms with Gasteiger partial charge in [0.05, 0.1) is 12.6 Å². The van der Waals surface area contributed by atoms with E-state index in [9.17, 15) is 9.90 Å². The Morgan fingerprint density at radius 2 is 1.92 bits per heavy atom. The molecule has 6 heteroatoms. The molecule has 0 saturated carbocycles. The van der Waals surface area contributed by atoms with Crippen molar-refractivity contribution >= 4 is 11.7 Å². The predicted molar refractivity (Wildman–Crippen MR) is 94.7 cm³/mol. The Morgan fingerprint density at radius 3 is 2.50 bits per heavy atom. The molecule has 2 aromatic rings. The molecule has 0 unspecified atom stereocenters. The van der Waals surface area contributed by atoms with Crippen LogP contribution in [0.5, 0.6) is 0 Å². The number of hydrogen-bond acceptors (Lipinski definition) is 4. The molecule has 2 amide bonds. The van der Waals surface area contributed by atoms with Crippen LogP contribution < -0.4 is 10.6 Å². The number of benzene rings is 1. The highest BCUT2D eigenvalue weighted by Gasteiger charge is 2.13. The number of carbonyl (C=O) groups is 1. The zero-order chi connectivity index (χ0) is 17.5. The van der Waals surface area contributed by atoms with Gasteiger partial charge in [-0.3, -0.25) is 0 Å². The number of hydrogen-bond donors (Lipinski definition) is 3. The molecule has 1 atom stereocenters. The minimum atomic E-state index is -0.325. The maximum Gasteiger partial charge on any atom is 0.319 e. The number of aryl methyl sites for hydroxylation is 1. The first-order valence-corrected chi connectivity index (χ1v) is 8.06. The summed E-state index contributed by atoms with van der Waals surface area (Å²) in [5.74, 6) is 1.05. The second-order valence-corrected chi connectivity index (χ2v) is 6.21. The minimum absolute atomic E-state index is 0.0742. The Hall–Kier alpha value is -2.47. The molecule has 1 aromatic carbocycles. The standard InChI is InChI=1S/C18H24N4O2/c1-12(2)10-16(11-23)22-18(24)21-15-6-4-14(5-7-15)17-19-9-8-13(3)20-17/h4-9,12,16,23H,10-11H2,1-3H3,(H2,21,22,24)/t16-/m1/s1. The van der Waals surface area contributed by atoms with Crippen LogP contribution in [0.25, 0.3) is 11.4 Å². The summed E-state index contributed by atoms with van der Waals surface area (Å²) in [5, 5.41) is 14.9. The van der Waals surface area contributed by atoms with Gasteiger partial charge in [-0.05, 0) is 49.6 Å². The van der Waals surface area contributed by atoms with E-state index in [0.29, 0.717) is 17.4 Å². The number of carbonyl (C=O) groups excluding carboxylic acids is 1. The Bertz CT molecular complexity index is 671. The number of urea groups is 1. The molecular formula is C18H24N4O2. The number of nitrogens with one attached hydrogen (secondary N) is 2. The predicted octanol–water partition coefficient (Wildman–Crippen LogP) is 2.98. The molecule has 6 nitrogen and oxygen atoms in total. The van der Waals surface area contributed by atoms with Crippen LogP contribution in [0.3, 0.4) is 0 Å². The molecule has 3 N–H and O–H groups in total. The fourth-order valence-corrected chi connectivity index (χ4v) is 2.39. The van der Waals surface area contributed by atoms with Gasteiger partial charge in [-0.15, -0.1) is 0 Å². The molecule has 0 aliphatic heterocycles. The van der Waals surface area contributed by atoms with Gasteiger partial charge in [-0.2, -0.15) is 0 Å². The molecule has 0 aliphatic carbocycles. The van der Waals surface area contributed by atoms with Crippen molar-refractivity contribution in [2.45, 2.75) is 33.2 Å². The number of amides is 2. The smallest absolute Gasteiger partial charge is 0.319 e. The average molecular weight is 328 g/mol. The molecule has 0 spiro atoms. The second kappa shape index (κ2) is 8.40. The Labute approximate surface area is 142 Å². The lowest BCUT2D eigenvalue weighted by atomic mass is 10.0. The van der Waals surface area contributed by atoms with Crippen LogP contribution in [0.4, 0.5) is 10.5 Å². The quantitative estimate of drug-likeness (QED) is 0.761. The van der Waals surface area contributed by atoms with Crippen molar-refractivity contribution in [2.24, 2.45) is 5.92 Å². The van der Waals surface area contributed by atoms with Crippen LogP contribution in [-0.4, -0.2) is 33.8 Å². The van der Waals surface area contributed by atoms with E-state index in [1.165, 1.54) is 0 Å². The summed E-state index contributed by atoms with van der Waals surface area (Å²) in [4.78, 5) is 20.6. The molecule has 0 bridgehead atoms. The van der Waals surface area contributed by atoms with E-state index >= 15 is 0 Å². The largest absolute Gasteiger partial charge is 0.394 e. The first-order chi connectivity index (χ1) is 11.5. The Kier molecular flexibility index (Phi) is 6.26. The third-order valence-electron chi connectivity index (χ3n) is 3.51. The van der Waals surface area contributed by atoms with Crippen molar-refractivity contribution in [3.05, 3.63) is 42.2 Å². The lowest BCUT2D eigenvalue weighted by molar-refractivity contribution is 0.214. The molecular weight excluding hydrogens is 304 g/mol. The number of aromatic nitrogens is 2. The van der Waals surface area contributed by atoms with E-state index in [-0.39, 0.29) is 18.7 Å². The number of rotatable bonds is 6. The topological polar surface area (TPSA) is 87.1 Å². The zero-order valence-electron chi connectivity index (χ0n) is 14.3. The lowest BCUT2D eigenvalue weighted by Crippen LogP contribution is -2.40. The number of nitrogens with zero attached hydrogens (tertiary/aromatic N) is 2. The fourth-order valence-electron chi connectivity index (χ4n) is 2.39. The van der Waals surface area contributed by atoms with Crippen molar-refractivity contribution in [3.8, 4) is 11.4 Å². The maximum absolute atomic E-state index is 12.0.